The van der Waals surface area contributed by atoms with Crippen molar-refractivity contribution in [1.29, 1.82) is 0 Å². The van der Waals surface area contributed by atoms with Gasteiger partial charge in [0.15, 0.2) is 5.82 Å². The van der Waals surface area contributed by atoms with Crippen LogP contribution < -0.4 is 15.6 Å². The van der Waals surface area contributed by atoms with E-state index in [1.807, 2.05) is 0 Å². The molecule has 0 spiro atoms. The number of benzene rings is 1. The highest BCUT2D eigenvalue weighted by Crippen LogP contribution is 2.40. The second-order valence-electron chi connectivity index (χ2n) is 8.40. The molecular weight excluding hydrogens is 416 g/mol. The smallest absolute Gasteiger partial charge is 0.341 e. The number of aromatic nitrogens is 1. The van der Waals surface area contributed by atoms with Crippen molar-refractivity contribution in [3.05, 3.63) is 39.7 Å². The van der Waals surface area contributed by atoms with Gasteiger partial charge in [0.2, 0.25) is 5.43 Å². The Bertz CT molecular complexity index is 1040. The first kappa shape index (κ1) is 22.5. The van der Waals surface area contributed by atoms with E-state index in [0.717, 1.165) is 31.9 Å². The lowest BCUT2D eigenvalue weighted by Crippen LogP contribution is -2.31. The van der Waals surface area contributed by atoms with Gasteiger partial charge in [-0.2, -0.15) is 0 Å². The Balaban J connectivity index is 0.00000256. The summed E-state index contributed by atoms with van der Waals surface area (Å²) < 4.78 is 32.0. The highest BCUT2D eigenvalue weighted by molar-refractivity contribution is 5.94. The molecule has 1 atom stereocenters. The van der Waals surface area contributed by atoms with Crippen LogP contribution in [0.3, 0.4) is 0 Å². The normalized spacial score (nSPS) is 18.8. The molecule has 0 bridgehead atoms. The fraction of sp³-hybridized carbons (Fsp3) is 0.524. The molecule has 164 valence electrons. The van der Waals surface area contributed by atoms with Gasteiger partial charge in [-0.15, -0.1) is 12.4 Å². The lowest BCUT2D eigenvalue weighted by molar-refractivity contribution is 0.0694. The Hall–Kier alpha value is -2.19. The van der Waals surface area contributed by atoms with Gasteiger partial charge < -0.3 is 19.9 Å². The third kappa shape index (κ3) is 4.03. The number of anilines is 1. The third-order valence-corrected chi connectivity index (χ3v) is 5.77. The highest BCUT2D eigenvalue weighted by atomic mass is 35.5. The van der Waals surface area contributed by atoms with Crippen LogP contribution in [0.2, 0.25) is 0 Å². The molecule has 2 aromatic rings. The van der Waals surface area contributed by atoms with Crippen molar-refractivity contribution < 1.29 is 18.7 Å². The summed E-state index contributed by atoms with van der Waals surface area (Å²) in [7, 11) is 0. The van der Waals surface area contributed by atoms with Crippen molar-refractivity contribution in [2.24, 2.45) is 5.92 Å². The zero-order valence-corrected chi connectivity index (χ0v) is 17.8. The molecule has 1 aliphatic carbocycles. The number of carboxylic acids is 1. The number of halogens is 3. The predicted molar refractivity (Wildman–Crippen MR) is 114 cm³/mol. The van der Waals surface area contributed by atoms with Crippen molar-refractivity contribution >= 4 is 35.0 Å². The van der Waals surface area contributed by atoms with Crippen molar-refractivity contribution in [2.45, 2.75) is 45.2 Å². The molecule has 1 saturated carbocycles. The van der Waals surface area contributed by atoms with E-state index in [-0.39, 0.29) is 41.0 Å². The molecule has 1 aromatic heterocycles. The number of pyridine rings is 1. The van der Waals surface area contributed by atoms with Crippen LogP contribution in [0.15, 0.2) is 17.1 Å². The van der Waals surface area contributed by atoms with E-state index in [0.29, 0.717) is 19.1 Å². The first-order valence-corrected chi connectivity index (χ1v) is 10.1. The molecule has 30 heavy (non-hydrogen) atoms. The van der Waals surface area contributed by atoms with Crippen molar-refractivity contribution in [3.8, 4) is 0 Å². The van der Waals surface area contributed by atoms with Crippen LogP contribution in [0, 0.1) is 17.6 Å². The maximum absolute atomic E-state index is 15.6. The molecule has 0 radical (unpaired) electrons. The van der Waals surface area contributed by atoms with Crippen LogP contribution in [0.5, 0.6) is 0 Å². The van der Waals surface area contributed by atoms with Gasteiger partial charge in [0.1, 0.15) is 17.1 Å². The van der Waals surface area contributed by atoms with Crippen LogP contribution in [0.1, 0.15) is 49.5 Å². The minimum absolute atomic E-state index is 0. The first-order valence-electron chi connectivity index (χ1n) is 10.1. The van der Waals surface area contributed by atoms with Crippen LogP contribution in [-0.2, 0) is 0 Å². The summed E-state index contributed by atoms with van der Waals surface area (Å²) in [4.78, 5) is 25.7. The Labute approximate surface area is 179 Å². The van der Waals surface area contributed by atoms with Crippen LogP contribution in [-0.4, -0.2) is 41.3 Å². The SMILES string of the molecule is CC(C)NCC1CCN(c2c(F)cc3c(=O)c(C(=O)O)cn(C4CC4)c3c2F)C1.Cl. The number of carbonyl (C=O) groups is 1. The van der Waals surface area contributed by atoms with Gasteiger partial charge in [-0.05, 0) is 37.8 Å². The topological polar surface area (TPSA) is 74.6 Å². The quantitative estimate of drug-likeness (QED) is 0.717. The number of aromatic carboxylic acids is 1. The average Bonchev–Trinajstić information content (AvgIpc) is 3.39. The third-order valence-electron chi connectivity index (χ3n) is 5.77. The standard InChI is InChI=1S/C21H25F2N3O3.ClH/c1-11(2)24-8-12-5-6-25(9-12)19-16(22)7-14-18(17(19)23)26(13-3-4-13)10-15(20(14)27)21(28)29;/h7,10-13,24H,3-6,8-9H2,1-2H3,(H,28,29);1H. The summed E-state index contributed by atoms with van der Waals surface area (Å²) in [6.45, 7) is 5.94. The van der Waals surface area contributed by atoms with E-state index in [9.17, 15) is 19.1 Å². The number of carboxylic acid groups (broad SMARTS) is 1. The van der Waals surface area contributed by atoms with Gasteiger partial charge in [-0.3, -0.25) is 4.79 Å². The fourth-order valence-electron chi connectivity index (χ4n) is 4.12. The molecular formula is C21H26ClF2N3O3. The van der Waals surface area contributed by atoms with Gasteiger partial charge in [0.25, 0.3) is 0 Å². The van der Waals surface area contributed by atoms with Gasteiger partial charge in [0.05, 0.1) is 10.9 Å². The molecule has 6 nitrogen and oxygen atoms in total. The van der Waals surface area contributed by atoms with E-state index >= 15 is 4.39 Å². The molecule has 1 aromatic carbocycles. The van der Waals surface area contributed by atoms with E-state index in [4.69, 9.17) is 0 Å². The molecule has 1 aliphatic heterocycles. The number of hydrogen-bond donors (Lipinski definition) is 2. The van der Waals surface area contributed by atoms with Gasteiger partial charge in [-0.1, -0.05) is 13.8 Å². The van der Waals surface area contributed by atoms with Crippen molar-refractivity contribution in [3.63, 3.8) is 0 Å². The minimum atomic E-state index is -1.39. The number of fused-ring (bicyclic) bond motifs is 1. The summed E-state index contributed by atoms with van der Waals surface area (Å²) in [6, 6.07) is 1.28. The Morgan fingerprint density at radius 1 is 1.30 bits per heavy atom. The molecule has 1 saturated heterocycles. The first-order chi connectivity index (χ1) is 13.8. The molecule has 2 heterocycles. The van der Waals surface area contributed by atoms with Gasteiger partial charge in [0, 0.05) is 31.4 Å². The zero-order valence-electron chi connectivity index (χ0n) is 17.0. The van der Waals surface area contributed by atoms with Crippen molar-refractivity contribution in [2.75, 3.05) is 24.5 Å². The van der Waals surface area contributed by atoms with Crippen LogP contribution in [0.4, 0.5) is 14.5 Å². The van der Waals surface area contributed by atoms with Crippen LogP contribution in [0.25, 0.3) is 10.9 Å². The fourth-order valence-corrected chi connectivity index (χ4v) is 4.12. The lowest BCUT2D eigenvalue weighted by Gasteiger charge is -2.23. The van der Waals surface area contributed by atoms with E-state index in [2.05, 4.69) is 19.2 Å². The number of hydrogen-bond acceptors (Lipinski definition) is 4. The Morgan fingerprint density at radius 2 is 2.00 bits per heavy atom. The Morgan fingerprint density at radius 3 is 2.60 bits per heavy atom. The lowest BCUT2D eigenvalue weighted by atomic mass is 10.1. The molecule has 0 amide bonds. The second kappa shape index (κ2) is 8.51. The summed E-state index contributed by atoms with van der Waals surface area (Å²) >= 11 is 0. The zero-order chi connectivity index (χ0) is 20.9. The largest absolute Gasteiger partial charge is 0.477 e. The van der Waals surface area contributed by atoms with E-state index in [1.54, 1.807) is 4.90 Å². The Kier molecular flexibility index (Phi) is 6.38. The summed E-state index contributed by atoms with van der Waals surface area (Å²) in [5.41, 5.74) is -1.43. The number of nitrogens with zero attached hydrogens (tertiary/aromatic N) is 2. The molecule has 2 aliphatic rings. The van der Waals surface area contributed by atoms with E-state index in [1.165, 1.54) is 10.8 Å². The number of rotatable bonds is 6. The molecule has 2 fully saturated rings. The second-order valence-corrected chi connectivity index (χ2v) is 8.40. The molecule has 9 heteroatoms. The average molecular weight is 442 g/mol. The van der Waals surface area contributed by atoms with Gasteiger partial charge in [-0.25, -0.2) is 13.6 Å². The van der Waals surface area contributed by atoms with Crippen LogP contribution >= 0.6 is 12.4 Å². The molecule has 4 rings (SSSR count). The maximum atomic E-state index is 15.6. The highest BCUT2D eigenvalue weighted by Gasteiger charge is 2.32. The summed E-state index contributed by atoms with van der Waals surface area (Å²) in [6.07, 6.45) is 3.57. The van der Waals surface area contributed by atoms with Crippen molar-refractivity contribution in [1.82, 2.24) is 9.88 Å². The van der Waals surface area contributed by atoms with Gasteiger partial charge >= 0.3 is 5.97 Å². The monoisotopic (exact) mass is 441 g/mol. The summed E-state index contributed by atoms with van der Waals surface area (Å²) in [5, 5.41) is 12.5. The molecule has 1 unspecified atom stereocenters. The minimum Gasteiger partial charge on any atom is -0.477 e. The van der Waals surface area contributed by atoms with E-state index < -0.39 is 28.6 Å². The number of nitrogens with one attached hydrogen (secondary N) is 1. The maximum Gasteiger partial charge on any atom is 0.341 e. The molecule has 2 N–H and O–H groups in total. The summed E-state index contributed by atoms with van der Waals surface area (Å²) in [5.74, 6) is -2.71. The predicted octanol–water partition coefficient (Wildman–Crippen LogP) is 3.56.